The zero-order valence-corrected chi connectivity index (χ0v) is 6.38. The van der Waals surface area contributed by atoms with E-state index in [0.717, 1.165) is 6.07 Å². The summed E-state index contributed by atoms with van der Waals surface area (Å²) in [4.78, 5) is 0. The van der Waals surface area contributed by atoms with Gasteiger partial charge >= 0.3 is 0 Å². The Morgan fingerprint density at radius 2 is 1.80 bits per heavy atom. The van der Waals surface area contributed by atoms with Crippen LogP contribution in [0.3, 0.4) is 0 Å². The van der Waals surface area contributed by atoms with Gasteiger partial charge in [0.2, 0.25) is 0 Å². The molecule has 1 nitrogen and oxygen atoms in total. The maximum Gasteiger partial charge on any atom is 0.143 e. The monoisotopic (exact) mass is 179 g/mol. The molecule has 1 rings (SSSR count). The van der Waals surface area contributed by atoms with Crippen LogP contribution in [0.15, 0.2) is 12.1 Å². The average Bonchev–Trinajstić information content (AvgIpc) is 1.84. The topological polar surface area (TPSA) is 26.0 Å². The second kappa shape index (κ2) is 2.64. The lowest BCUT2D eigenvalue weighted by Crippen LogP contribution is -1.87. The van der Waals surface area contributed by atoms with Crippen molar-refractivity contribution in [1.29, 1.82) is 0 Å². The minimum Gasteiger partial charge on any atom is -0.397 e. The number of nitrogens with two attached hydrogens (primary N) is 1. The lowest BCUT2D eigenvalue weighted by molar-refractivity contribution is 0.629. The molecule has 0 aliphatic carbocycles. The van der Waals surface area contributed by atoms with Gasteiger partial charge in [-0.25, -0.2) is 4.39 Å². The van der Waals surface area contributed by atoms with E-state index in [1.807, 2.05) is 0 Å². The summed E-state index contributed by atoms with van der Waals surface area (Å²) in [5.74, 6) is -0.552. The zero-order valence-electron chi connectivity index (χ0n) is 4.87. The van der Waals surface area contributed by atoms with Crippen LogP contribution in [-0.4, -0.2) is 0 Å². The van der Waals surface area contributed by atoms with Gasteiger partial charge in [0.1, 0.15) is 5.82 Å². The number of rotatable bonds is 0. The minimum absolute atomic E-state index is 0.0146. The maximum absolute atomic E-state index is 12.5. The van der Waals surface area contributed by atoms with Crippen LogP contribution < -0.4 is 5.73 Å². The Bertz CT molecular complexity index is 212. The summed E-state index contributed by atoms with van der Waals surface area (Å²) in [5, 5.41) is 0.255. The third-order valence-corrected chi connectivity index (χ3v) is 1.66. The van der Waals surface area contributed by atoms with Crippen LogP contribution in [0, 0.1) is 5.82 Å². The van der Waals surface area contributed by atoms with Gasteiger partial charge < -0.3 is 5.73 Å². The van der Waals surface area contributed by atoms with Crippen LogP contribution in [0.25, 0.3) is 0 Å². The predicted molar refractivity (Wildman–Crippen MR) is 40.8 cm³/mol. The first kappa shape index (κ1) is 7.63. The number of anilines is 1. The van der Waals surface area contributed by atoms with Gasteiger partial charge in [0.25, 0.3) is 0 Å². The summed E-state index contributed by atoms with van der Waals surface area (Å²) in [5.41, 5.74) is 5.46. The van der Waals surface area contributed by atoms with Crippen LogP contribution in [-0.2, 0) is 0 Å². The van der Waals surface area contributed by atoms with Crippen LogP contribution in [0.5, 0.6) is 0 Å². The smallest absolute Gasteiger partial charge is 0.143 e. The van der Waals surface area contributed by atoms with Crippen molar-refractivity contribution in [1.82, 2.24) is 0 Å². The molecular weight excluding hydrogens is 176 g/mol. The van der Waals surface area contributed by atoms with Crippen molar-refractivity contribution in [2.24, 2.45) is 0 Å². The van der Waals surface area contributed by atoms with Crippen molar-refractivity contribution in [2.75, 3.05) is 5.73 Å². The molecule has 0 spiro atoms. The second-order valence-corrected chi connectivity index (χ2v) is 2.60. The third-order valence-electron chi connectivity index (χ3n) is 1.04. The summed E-state index contributed by atoms with van der Waals surface area (Å²) >= 11 is 10.9. The highest BCUT2D eigenvalue weighted by molar-refractivity contribution is 6.36. The largest absolute Gasteiger partial charge is 0.397 e. The standard InChI is InChI=1S/C6H4Cl2FN/c7-3-1-4(8)6(10)2-5(3)9/h1-2H,10H2. The molecule has 0 aliphatic rings. The number of hydrogen-bond acceptors (Lipinski definition) is 1. The number of benzene rings is 1. The Morgan fingerprint density at radius 3 is 2.30 bits per heavy atom. The molecule has 0 bridgehead atoms. The fraction of sp³-hybridized carbons (Fsp3) is 0. The van der Waals surface area contributed by atoms with Gasteiger partial charge in [0.05, 0.1) is 15.7 Å². The molecule has 0 saturated heterocycles. The lowest BCUT2D eigenvalue weighted by atomic mass is 10.3. The van der Waals surface area contributed by atoms with Crippen LogP contribution in [0.1, 0.15) is 0 Å². The van der Waals surface area contributed by atoms with Crippen molar-refractivity contribution < 1.29 is 4.39 Å². The van der Waals surface area contributed by atoms with Crippen LogP contribution in [0.4, 0.5) is 10.1 Å². The van der Waals surface area contributed by atoms with E-state index in [1.165, 1.54) is 6.07 Å². The summed E-state index contributed by atoms with van der Waals surface area (Å²) in [6.45, 7) is 0. The Morgan fingerprint density at radius 1 is 1.20 bits per heavy atom. The van der Waals surface area contributed by atoms with Gasteiger partial charge in [-0.3, -0.25) is 0 Å². The number of nitrogen functional groups attached to an aromatic ring is 1. The Balaban J connectivity index is 3.28. The first-order chi connectivity index (χ1) is 4.61. The normalized spacial score (nSPS) is 9.90. The Kier molecular flexibility index (Phi) is 2.02. The van der Waals surface area contributed by atoms with E-state index >= 15 is 0 Å². The quantitative estimate of drug-likeness (QED) is 0.482. The number of hydrogen-bond donors (Lipinski definition) is 1. The SMILES string of the molecule is Nc1cc(F)c(Cl)cc1Cl. The van der Waals surface area contributed by atoms with Gasteiger partial charge in [0.15, 0.2) is 0 Å². The fourth-order valence-electron chi connectivity index (χ4n) is 0.538. The van der Waals surface area contributed by atoms with E-state index in [9.17, 15) is 4.39 Å². The van der Waals surface area contributed by atoms with Crippen LogP contribution >= 0.6 is 23.2 Å². The first-order valence-electron chi connectivity index (χ1n) is 2.51. The molecule has 0 atom stereocenters. The highest BCUT2D eigenvalue weighted by atomic mass is 35.5. The predicted octanol–water partition coefficient (Wildman–Crippen LogP) is 2.71. The van der Waals surface area contributed by atoms with Gasteiger partial charge in [-0.2, -0.15) is 0 Å². The van der Waals surface area contributed by atoms with Gasteiger partial charge in [-0.05, 0) is 12.1 Å². The molecule has 4 heteroatoms. The number of halogens is 3. The zero-order chi connectivity index (χ0) is 7.72. The van der Waals surface area contributed by atoms with Crippen LogP contribution in [0.2, 0.25) is 10.0 Å². The highest BCUT2D eigenvalue weighted by Crippen LogP contribution is 2.25. The van der Waals surface area contributed by atoms with E-state index in [-0.39, 0.29) is 15.7 Å². The summed E-state index contributed by atoms with van der Waals surface area (Å²) in [6, 6.07) is 2.36. The summed E-state index contributed by atoms with van der Waals surface area (Å²) < 4.78 is 12.5. The molecule has 1 aromatic carbocycles. The van der Waals surface area contributed by atoms with Crippen molar-refractivity contribution >= 4 is 28.9 Å². The molecule has 0 heterocycles. The third kappa shape index (κ3) is 1.33. The maximum atomic E-state index is 12.5. The molecule has 1 aromatic rings. The Hall–Kier alpha value is -0.470. The van der Waals surface area contributed by atoms with Crippen molar-refractivity contribution in [2.45, 2.75) is 0 Å². The van der Waals surface area contributed by atoms with E-state index in [4.69, 9.17) is 28.9 Å². The Labute approximate surface area is 67.5 Å². The molecule has 0 amide bonds. The minimum atomic E-state index is -0.552. The van der Waals surface area contributed by atoms with E-state index in [2.05, 4.69) is 0 Å². The molecule has 0 saturated carbocycles. The summed E-state index contributed by atoms with van der Waals surface area (Å²) in [6.07, 6.45) is 0. The van der Waals surface area contributed by atoms with Gasteiger partial charge in [-0.1, -0.05) is 23.2 Å². The first-order valence-corrected chi connectivity index (χ1v) is 3.27. The highest BCUT2D eigenvalue weighted by Gasteiger charge is 2.02. The molecule has 54 valence electrons. The molecule has 10 heavy (non-hydrogen) atoms. The van der Waals surface area contributed by atoms with Crippen molar-refractivity contribution in [3.05, 3.63) is 28.0 Å². The molecule has 0 fully saturated rings. The average molecular weight is 180 g/mol. The molecule has 2 N–H and O–H groups in total. The van der Waals surface area contributed by atoms with E-state index in [0.29, 0.717) is 0 Å². The van der Waals surface area contributed by atoms with Gasteiger partial charge in [-0.15, -0.1) is 0 Å². The molecule has 0 radical (unpaired) electrons. The van der Waals surface area contributed by atoms with Crippen molar-refractivity contribution in [3.8, 4) is 0 Å². The van der Waals surface area contributed by atoms with E-state index < -0.39 is 5.82 Å². The van der Waals surface area contributed by atoms with E-state index in [1.54, 1.807) is 0 Å². The summed E-state index contributed by atoms with van der Waals surface area (Å²) in [7, 11) is 0. The second-order valence-electron chi connectivity index (χ2n) is 1.79. The van der Waals surface area contributed by atoms with Gasteiger partial charge in [0, 0.05) is 0 Å². The molecule has 0 aliphatic heterocycles. The molecular formula is C6H4Cl2FN. The van der Waals surface area contributed by atoms with Crippen molar-refractivity contribution in [3.63, 3.8) is 0 Å². The molecule has 0 aromatic heterocycles. The molecule has 0 unspecified atom stereocenters. The fourth-order valence-corrected chi connectivity index (χ4v) is 0.921. The lowest BCUT2D eigenvalue weighted by Gasteiger charge is -1.98.